The lowest BCUT2D eigenvalue weighted by Gasteiger charge is -2.41. The molecule has 1 amide bonds. The first-order valence-electron chi connectivity index (χ1n) is 11.4. The second-order valence-corrected chi connectivity index (χ2v) is 8.78. The van der Waals surface area contributed by atoms with Crippen LogP contribution in [0.5, 0.6) is 0 Å². The Hall–Kier alpha value is -3.76. The summed E-state index contributed by atoms with van der Waals surface area (Å²) in [5.41, 5.74) is 3.07. The minimum atomic E-state index is -4.45. The predicted octanol–water partition coefficient (Wildman–Crippen LogP) is 3.61. The van der Waals surface area contributed by atoms with Crippen LogP contribution in [0.2, 0.25) is 0 Å². The van der Waals surface area contributed by atoms with Gasteiger partial charge < -0.3 is 15.1 Å². The zero-order valence-corrected chi connectivity index (χ0v) is 19.3. The van der Waals surface area contributed by atoms with Gasteiger partial charge in [0, 0.05) is 44.6 Å². The zero-order chi connectivity index (χ0) is 24.7. The Balaban J connectivity index is 1.26. The number of carbonyl (C=O) groups is 1. The molecule has 0 saturated carbocycles. The molecule has 0 saturated heterocycles. The van der Waals surface area contributed by atoms with Crippen LogP contribution in [-0.4, -0.2) is 45.5 Å². The lowest BCUT2D eigenvalue weighted by Crippen LogP contribution is -2.53. The number of nitrogens with zero attached hydrogens (tertiary/aromatic N) is 6. The van der Waals surface area contributed by atoms with Crippen LogP contribution in [0.4, 0.5) is 30.6 Å². The number of hydrogen-bond donors (Lipinski definition) is 1. The highest BCUT2D eigenvalue weighted by molar-refractivity contribution is 6.05. The molecule has 182 valence electrons. The van der Waals surface area contributed by atoms with E-state index in [0.717, 1.165) is 47.4 Å². The van der Waals surface area contributed by atoms with Gasteiger partial charge in [0.15, 0.2) is 5.82 Å². The van der Waals surface area contributed by atoms with Gasteiger partial charge in [-0.2, -0.15) is 18.2 Å². The van der Waals surface area contributed by atoms with Crippen molar-refractivity contribution in [2.45, 2.75) is 44.9 Å². The highest BCUT2D eigenvalue weighted by Crippen LogP contribution is 2.39. The van der Waals surface area contributed by atoms with Crippen molar-refractivity contribution in [1.29, 1.82) is 0 Å². The van der Waals surface area contributed by atoms with Crippen LogP contribution < -0.4 is 15.1 Å². The van der Waals surface area contributed by atoms with E-state index in [1.165, 1.54) is 12.3 Å². The van der Waals surface area contributed by atoms with Gasteiger partial charge in [-0.1, -0.05) is 12.1 Å². The topological polar surface area (TPSA) is 87.1 Å². The van der Waals surface area contributed by atoms with E-state index in [4.69, 9.17) is 0 Å². The molecule has 3 aromatic heterocycles. The Morgan fingerprint density at radius 1 is 1.09 bits per heavy atom. The van der Waals surface area contributed by atoms with Gasteiger partial charge in [-0.25, -0.2) is 4.98 Å². The van der Waals surface area contributed by atoms with E-state index in [1.807, 2.05) is 31.0 Å². The van der Waals surface area contributed by atoms with E-state index in [9.17, 15) is 18.0 Å². The average molecular weight is 483 g/mol. The number of pyridine rings is 2. The normalized spacial score (nSPS) is 17.4. The number of aromatic nitrogens is 4. The quantitative estimate of drug-likeness (QED) is 0.593. The molecule has 5 heterocycles. The van der Waals surface area contributed by atoms with E-state index in [-0.39, 0.29) is 11.9 Å². The van der Waals surface area contributed by atoms with Gasteiger partial charge in [-0.3, -0.25) is 14.8 Å². The molecule has 0 radical (unpaired) electrons. The first-order valence-corrected chi connectivity index (χ1v) is 11.4. The zero-order valence-electron chi connectivity index (χ0n) is 19.3. The summed E-state index contributed by atoms with van der Waals surface area (Å²) in [6.45, 7) is 3.02. The fraction of sp³-hybridized carbons (Fsp3) is 0.375. The fourth-order valence-electron chi connectivity index (χ4n) is 4.33. The van der Waals surface area contributed by atoms with Crippen molar-refractivity contribution in [3.8, 4) is 0 Å². The van der Waals surface area contributed by atoms with E-state index in [0.29, 0.717) is 31.0 Å². The summed E-state index contributed by atoms with van der Waals surface area (Å²) < 4.78 is 38.0. The van der Waals surface area contributed by atoms with E-state index in [2.05, 4.69) is 25.3 Å². The van der Waals surface area contributed by atoms with Gasteiger partial charge in [0.2, 0.25) is 11.9 Å². The molecule has 0 spiro atoms. The Kier molecular flexibility index (Phi) is 5.78. The Bertz CT molecular complexity index is 1250. The number of anilines is 3. The first-order chi connectivity index (χ1) is 16.7. The molecule has 0 bridgehead atoms. The third-order valence-corrected chi connectivity index (χ3v) is 6.38. The number of rotatable bonds is 5. The standard InChI is InChI=1S/C24H24F3N7O/c1-14-22(35)34-9-3-4-18-20(34)21(33(14)2)32-23(31-18)30-13-16-5-7-17(28-12-16)10-15-6-8-19(29-11-15)24(25,26)27/h5-8,11-12,14H,3-4,9-10,13H2,1-2H3,(H,30,31,32)/t14-/m0/s1. The lowest BCUT2D eigenvalue weighted by atomic mass is 10.0. The number of alkyl halides is 3. The van der Waals surface area contributed by atoms with Crippen LogP contribution in [-0.2, 0) is 30.4 Å². The number of aryl methyl sites for hydroxylation is 1. The SMILES string of the molecule is C[C@H]1C(=O)N2CCCc3nc(NCc4ccc(Cc5ccc(C(F)(F)F)nc5)nc4)nc(c32)N1C. The van der Waals surface area contributed by atoms with Gasteiger partial charge in [0.1, 0.15) is 17.4 Å². The molecule has 3 aromatic rings. The molecule has 0 unspecified atom stereocenters. The van der Waals surface area contributed by atoms with Crippen LogP contribution in [0.3, 0.4) is 0 Å². The summed E-state index contributed by atoms with van der Waals surface area (Å²) in [4.78, 5) is 33.6. The van der Waals surface area contributed by atoms with Gasteiger partial charge in [0.05, 0.1) is 5.69 Å². The molecule has 11 heteroatoms. The van der Waals surface area contributed by atoms with E-state index < -0.39 is 11.9 Å². The Morgan fingerprint density at radius 3 is 2.54 bits per heavy atom. The van der Waals surface area contributed by atoms with Gasteiger partial charge in [-0.15, -0.1) is 0 Å². The molecular weight excluding hydrogens is 459 g/mol. The first kappa shape index (κ1) is 23.0. The predicted molar refractivity (Wildman–Crippen MR) is 124 cm³/mol. The number of amides is 1. The van der Waals surface area contributed by atoms with Crippen molar-refractivity contribution < 1.29 is 18.0 Å². The van der Waals surface area contributed by atoms with Gasteiger partial charge in [0.25, 0.3) is 0 Å². The van der Waals surface area contributed by atoms with Crippen molar-refractivity contribution in [1.82, 2.24) is 19.9 Å². The van der Waals surface area contributed by atoms with Crippen molar-refractivity contribution in [3.63, 3.8) is 0 Å². The minimum Gasteiger partial charge on any atom is -0.350 e. The summed E-state index contributed by atoms with van der Waals surface area (Å²) in [6.07, 6.45) is 0.542. The number of carbonyl (C=O) groups excluding carboxylic acids is 1. The summed E-state index contributed by atoms with van der Waals surface area (Å²) >= 11 is 0. The molecule has 1 atom stereocenters. The summed E-state index contributed by atoms with van der Waals surface area (Å²) in [5, 5.41) is 3.25. The Morgan fingerprint density at radius 2 is 1.86 bits per heavy atom. The summed E-state index contributed by atoms with van der Waals surface area (Å²) in [5.74, 6) is 1.32. The van der Waals surface area contributed by atoms with Crippen LogP contribution in [0.25, 0.3) is 0 Å². The molecule has 5 rings (SSSR count). The van der Waals surface area contributed by atoms with Crippen molar-refractivity contribution >= 4 is 23.4 Å². The minimum absolute atomic E-state index is 0.0727. The van der Waals surface area contributed by atoms with Crippen LogP contribution in [0.1, 0.15) is 41.6 Å². The van der Waals surface area contributed by atoms with Crippen LogP contribution in [0, 0.1) is 0 Å². The lowest BCUT2D eigenvalue weighted by molar-refractivity contribution is -0.141. The molecule has 8 nitrogen and oxygen atoms in total. The second-order valence-electron chi connectivity index (χ2n) is 8.78. The smallest absolute Gasteiger partial charge is 0.350 e. The number of hydrogen-bond acceptors (Lipinski definition) is 7. The molecule has 2 aliphatic heterocycles. The molecule has 0 aliphatic carbocycles. The third-order valence-electron chi connectivity index (χ3n) is 6.38. The number of nitrogens with one attached hydrogen (secondary N) is 1. The maximum Gasteiger partial charge on any atom is 0.433 e. The third kappa shape index (κ3) is 4.50. The summed E-state index contributed by atoms with van der Waals surface area (Å²) in [6, 6.07) is 5.86. The Labute approximate surface area is 200 Å². The van der Waals surface area contributed by atoms with Gasteiger partial charge >= 0.3 is 6.18 Å². The number of likely N-dealkylation sites (N-methyl/N-ethyl adjacent to an activating group) is 1. The van der Waals surface area contributed by atoms with Crippen LogP contribution >= 0.6 is 0 Å². The fourth-order valence-corrected chi connectivity index (χ4v) is 4.33. The number of halogens is 3. The molecule has 1 N–H and O–H groups in total. The highest BCUT2D eigenvalue weighted by Gasteiger charge is 2.38. The van der Waals surface area contributed by atoms with E-state index in [1.54, 1.807) is 11.1 Å². The highest BCUT2D eigenvalue weighted by atomic mass is 19.4. The van der Waals surface area contributed by atoms with Crippen molar-refractivity contribution in [2.75, 3.05) is 28.7 Å². The molecule has 0 aromatic carbocycles. The van der Waals surface area contributed by atoms with Crippen LogP contribution in [0.15, 0.2) is 36.7 Å². The van der Waals surface area contributed by atoms with Crippen molar-refractivity contribution in [2.24, 2.45) is 0 Å². The molecule has 35 heavy (non-hydrogen) atoms. The van der Waals surface area contributed by atoms with Crippen molar-refractivity contribution in [3.05, 3.63) is 64.9 Å². The van der Waals surface area contributed by atoms with E-state index >= 15 is 0 Å². The second kappa shape index (κ2) is 8.79. The maximum atomic E-state index is 12.7. The van der Waals surface area contributed by atoms with Gasteiger partial charge in [-0.05, 0) is 43.0 Å². The largest absolute Gasteiger partial charge is 0.433 e. The molecule has 0 fully saturated rings. The monoisotopic (exact) mass is 483 g/mol. The maximum absolute atomic E-state index is 12.7. The molecular formula is C24H24F3N7O. The average Bonchev–Trinajstić information content (AvgIpc) is 2.85. The molecule has 2 aliphatic rings. The summed E-state index contributed by atoms with van der Waals surface area (Å²) in [7, 11) is 1.87.